The molecule has 0 aromatic heterocycles. The van der Waals surface area contributed by atoms with E-state index >= 15 is 0 Å². The Morgan fingerprint density at radius 1 is 0.952 bits per heavy atom. The summed E-state index contributed by atoms with van der Waals surface area (Å²) in [7, 11) is 0. The fourth-order valence-electron chi connectivity index (χ4n) is 3.97. The van der Waals surface area contributed by atoms with Gasteiger partial charge >= 0.3 is 0 Å². The van der Waals surface area contributed by atoms with E-state index in [4.69, 9.17) is 0 Å². The number of carbonyl (C=O) groups excluding carboxylic acids is 1. The van der Waals surface area contributed by atoms with Gasteiger partial charge in [0, 0.05) is 5.56 Å². The van der Waals surface area contributed by atoms with Crippen molar-refractivity contribution < 1.29 is 4.79 Å². The second kappa shape index (κ2) is 4.17. The lowest BCUT2D eigenvalue weighted by Crippen LogP contribution is -2.37. The molecule has 0 aliphatic heterocycles. The summed E-state index contributed by atoms with van der Waals surface area (Å²) in [6.07, 6.45) is 3.06. The fourth-order valence-corrected chi connectivity index (χ4v) is 3.97. The van der Waals surface area contributed by atoms with Crippen LogP contribution in [0.25, 0.3) is 11.6 Å². The van der Waals surface area contributed by atoms with Crippen LogP contribution in [0.2, 0.25) is 0 Å². The molecule has 0 fully saturated rings. The van der Waals surface area contributed by atoms with Crippen LogP contribution < -0.4 is 0 Å². The molecule has 2 aromatic rings. The molecule has 0 radical (unpaired) electrons. The highest BCUT2D eigenvalue weighted by Gasteiger charge is 2.52. The molecule has 0 amide bonds. The van der Waals surface area contributed by atoms with Crippen LogP contribution in [0.5, 0.6) is 0 Å². The Morgan fingerprint density at radius 3 is 2.38 bits per heavy atom. The van der Waals surface area contributed by atoms with Gasteiger partial charge in [0.15, 0.2) is 5.78 Å². The normalized spacial score (nSPS) is 22.6. The standard InChI is InChI=1S/C20H18O/c1-13(2)20-12-15-8-4-3-7-14(15)11-18(20)16-9-5-6-10-17(16)19(20)21/h3-11,13H,12H2,1-2H3/t20-/m1/s1. The summed E-state index contributed by atoms with van der Waals surface area (Å²) in [5, 5.41) is 0. The Balaban J connectivity index is 2.05. The van der Waals surface area contributed by atoms with Gasteiger partial charge < -0.3 is 0 Å². The van der Waals surface area contributed by atoms with Crippen molar-refractivity contribution in [2.45, 2.75) is 20.3 Å². The highest BCUT2D eigenvalue weighted by atomic mass is 16.1. The number of carbonyl (C=O) groups is 1. The molecule has 21 heavy (non-hydrogen) atoms. The van der Waals surface area contributed by atoms with Crippen LogP contribution in [0.15, 0.2) is 48.5 Å². The average molecular weight is 274 g/mol. The van der Waals surface area contributed by atoms with Crippen molar-refractivity contribution in [2.24, 2.45) is 11.3 Å². The first kappa shape index (κ1) is 12.6. The molecule has 0 saturated heterocycles. The van der Waals surface area contributed by atoms with Crippen LogP contribution >= 0.6 is 0 Å². The van der Waals surface area contributed by atoms with Gasteiger partial charge in [-0.1, -0.05) is 62.4 Å². The largest absolute Gasteiger partial charge is 0.293 e. The zero-order chi connectivity index (χ0) is 14.6. The Labute approximate surface area is 125 Å². The molecule has 2 aromatic carbocycles. The number of ketones is 1. The topological polar surface area (TPSA) is 17.1 Å². The molecule has 2 aliphatic rings. The first-order valence-electron chi connectivity index (χ1n) is 7.59. The number of hydrogen-bond donors (Lipinski definition) is 0. The van der Waals surface area contributed by atoms with Crippen molar-refractivity contribution in [3.05, 3.63) is 70.8 Å². The van der Waals surface area contributed by atoms with Crippen molar-refractivity contribution in [3.8, 4) is 0 Å². The number of benzene rings is 2. The second-order valence-corrected chi connectivity index (χ2v) is 6.43. The van der Waals surface area contributed by atoms with Gasteiger partial charge in [-0.15, -0.1) is 0 Å². The smallest absolute Gasteiger partial charge is 0.174 e. The van der Waals surface area contributed by atoms with Crippen LogP contribution in [0.3, 0.4) is 0 Å². The third kappa shape index (κ3) is 1.49. The molecule has 2 aliphatic carbocycles. The van der Waals surface area contributed by atoms with E-state index in [1.165, 1.54) is 16.7 Å². The minimum atomic E-state index is -0.377. The summed E-state index contributed by atoms with van der Waals surface area (Å²) < 4.78 is 0. The van der Waals surface area contributed by atoms with Gasteiger partial charge in [-0.2, -0.15) is 0 Å². The quantitative estimate of drug-likeness (QED) is 0.741. The van der Waals surface area contributed by atoms with Crippen LogP contribution in [0.1, 0.15) is 40.9 Å². The van der Waals surface area contributed by atoms with Crippen LogP contribution in [0, 0.1) is 11.3 Å². The van der Waals surface area contributed by atoms with E-state index in [-0.39, 0.29) is 11.3 Å². The first-order valence-corrected chi connectivity index (χ1v) is 7.59. The van der Waals surface area contributed by atoms with Crippen molar-refractivity contribution in [1.29, 1.82) is 0 Å². The van der Waals surface area contributed by atoms with E-state index in [0.717, 1.165) is 17.5 Å². The van der Waals surface area contributed by atoms with Gasteiger partial charge in [0.1, 0.15) is 0 Å². The Hall–Kier alpha value is -2.15. The Kier molecular flexibility index (Phi) is 2.50. The SMILES string of the molecule is CC(C)[C@]12Cc3ccccc3C=C1c1ccccc1C2=O. The Bertz CT molecular complexity index is 782. The number of allylic oxidation sites excluding steroid dienone is 1. The molecule has 1 atom stereocenters. The molecule has 0 N–H and O–H groups in total. The zero-order valence-electron chi connectivity index (χ0n) is 12.4. The first-order chi connectivity index (χ1) is 10.1. The van der Waals surface area contributed by atoms with E-state index in [1.807, 2.05) is 18.2 Å². The van der Waals surface area contributed by atoms with Crippen molar-refractivity contribution in [2.75, 3.05) is 0 Å². The van der Waals surface area contributed by atoms with Crippen LogP contribution in [0.4, 0.5) is 0 Å². The van der Waals surface area contributed by atoms with Crippen molar-refractivity contribution >= 4 is 17.4 Å². The van der Waals surface area contributed by atoms with Crippen molar-refractivity contribution in [3.63, 3.8) is 0 Å². The van der Waals surface area contributed by atoms with Gasteiger partial charge in [0.25, 0.3) is 0 Å². The Morgan fingerprint density at radius 2 is 1.62 bits per heavy atom. The maximum atomic E-state index is 13.2. The highest BCUT2D eigenvalue weighted by Crippen LogP contribution is 2.55. The summed E-state index contributed by atoms with van der Waals surface area (Å²) in [5.74, 6) is 0.589. The lowest BCUT2D eigenvalue weighted by atomic mass is 9.64. The highest BCUT2D eigenvalue weighted by molar-refractivity contribution is 6.20. The molecule has 104 valence electrons. The molecule has 0 bridgehead atoms. The number of Topliss-reactive ketones (excluding diaryl/α,β-unsaturated/α-hetero) is 1. The summed E-state index contributed by atoms with van der Waals surface area (Å²) in [6, 6.07) is 16.5. The monoisotopic (exact) mass is 274 g/mol. The second-order valence-electron chi connectivity index (χ2n) is 6.43. The number of rotatable bonds is 1. The lowest BCUT2D eigenvalue weighted by Gasteiger charge is -2.37. The molecular formula is C20H18O. The molecule has 1 nitrogen and oxygen atoms in total. The van der Waals surface area contributed by atoms with E-state index in [1.54, 1.807) is 0 Å². The number of hydrogen-bond acceptors (Lipinski definition) is 1. The minimum Gasteiger partial charge on any atom is -0.293 e. The maximum Gasteiger partial charge on any atom is 0.174 e. The summed E-state index contributed by atoms with van der Waals surface area (Å²) in [5.41, 5.74) is 5.41. The van der Waals surface area contributed by atoms with E-state index < -0.39 is 0 Å². The third-order valence-electron chi connectivity index (χ3n) is 5.16. The molecule has 0 heterocycles. The minimum absolute atomic E-state index is 0.289. The van der Waals surface area contributed by atoms with Gasteiger partial charge in [-0.3, -0.25) is 4.79 Å². The fraction of sp³-hybridized carbons (Fsp3) is 0.250. The molecule has 4 rings (SSSR count). The number of fused-ring (bicyclic) bond motifs is 4. The maximum absolute atomic E-state index is 13.2. The van der Waals surface area contributed by atoms with Crippen LogP contribution in [-0.2, 0) is 6.42 Å². The predicted octanol–water partition coefficient (Wildman–Crippen LogP) is 4.62. The molecule has 0 unspecified atom stereocenters. The van der Waals surface area contributed by atoms with Gasteiger partial charge in [0.05, 0.1) is 5.41 Å². The molecule has 0 spiro atoms. The van der Waals surface area contributed by atoms with Gasteiger partial charge in [0.2, 0.25) is 0 Å². The van der Waals surface area contributed by atoms with Gasteiger partial charge in [-0.05, 0) is 40.7 Å². The van der Waals surface area contributed by atoms with E-state index in [2.05, 4.69) is 50.3 Å². The predicted molar refractivity (Wildman–Crippen MR) is 86.1 cm³/mol. The zero-order valence-corrected chi connectivity index (χ0v) is 12.4. The lowest BCUT2D eigenvalue weighted by molar-refractivity contribution is 0.0820. The summed E-state index contributed by atoms with van der Waals surface area (Å²) in [6.45, 7) is 4.34. The summed E-state index contributed by atoms with van der Waals surface area (Å²) in [4.78, 5) is 13.2. The van der Waals surface area contributed by atoms with Gasteiger partial charge in [-0.25, -0.2) is 0 Å². The molecular weight excluding hydrogens is 256 g/mol. The average Bonchev–Trinajstić information content (AvgIpc) is 2.76. The third-order valence-corrected chi connectivity index (χ3v) is 5.16. The molecule has 1 heteroatoms. The van der Waals surface area contributed by atoms with E-state index in [0.29, 0.717) is 5.78 Å². The molecule has 0 saturated carbocycles. The van der Waals surface area contributed by atoms with Crippen molar-refractivity contribution in [1.82, 2.24) is 0 Å². The summed E-state index contributed by atoms with van der Waals surface area (Å²) >= 11 is 0. The van der Waals surface area contributed by atoms with Crippen LogP contribution in [-0.4, -0.2) is 5.78 Å². The van der Waals surface area contributed by atoms with E-state index in [9.17, 15) is 4.79 Å².